The Morgan fingerprint density at radius 2 is 2.04 bits per heavy atom. The molecule has 1 aliphatic heterocycles. The molecule has 1 saturated heterocycles. The second-order valence-corrected chi connectivity index (χ2v) is 7.22. The summed E-state index contributed by atoms with van der Waals surface area (Å²) in [5.41, 5.74) is 1.13. The Kier molecular flexibility index (Phi) is 5.02. The predicted octanol–water partition coefficient (Wildman–Crippen LogP) is 2.55. The van der Waals surface area contributed by atoms with Crippen LogP contribution in [0.3, 0.4) is 0 Å². The van der Waals surface area contributed by atoms with Gasteiger partial charge in [-0.3, -0.25) is 4.79 Å². The topological polar surface area (TPSA) is 75.6 Å². The van der Waals surface area contributed by atoms with E-state index in [9.17, 15) is 14.7 Å². The smallest absolute Gasteiger partial charge is 0.326 e. The Labute approximate surface area is 143 Å². The first kappa shape index (κ1) is 16.5. The van der Waals surface area contributed by atoms with Crippen molar-refractivity contribution in [1.82, 2.24) is 5.32 Å². The van der Waals surface area contributed by atoms with Crippen LogP contribution >= 0.6 is 15.9 Å². The van der Waals surface area contributed by atoms with Crippen molar-refractivity contribution in [2.24, 2.45) is 11.8 Å². The number of aliphatic carboxylic acids is 1. The van der Waals surface area contributed by atoms with Crippen molar-refractivity contribution >= 4 is 27.8 Å². The summed E-state index contributed by atoms with van der Waals surface area (Å²) in [6, 6.07) is 7.08. The lowest BCUT2D eigenvalue weighted by Gasteiger charge is -2.28. The van der Waals surface area contributed by atoms with Gasteiger partial charge in [0.2, 0.25) is 5.91 Å². The molecule has 0 bridgehead atoms. The van der Waals surface area contributed by atoms with Gasteiger partial charge in [0, 0.05) is 22.9 Å². The van der Waals surface area contributed by atoms with Gasteiger partial charge < -0.3 is 15.2 Å². The number of nitrogens with one attached hydrogen (secondary N) is 1. The molecular weight excluding hydrogens is 362 g/mol. The number of carboxylic acid groups (broad SMARTS) is 1. The normalized spacial score (nSPS) is 28.0. The highest BCUT2D eigenvalue weighted by Gasteiger charge is 2.45. The van der Waals surface area contributed by atoms with Gasteiger partial charge in [-0.2, -0.15) is 0 Å². The van der Waals surface area contributed by atoms with Crippen molar-refractivity contribution < 1.29 is 19.4 Å². The van der Waals surface area contributed by atoms with Gasteiger partial charge >= 0.3 is 5.97 Å². The van der Waals surface area contributed by atoms with Crippen molar-refractivity contribution in [1.29, 1.82) is 0 Å². The van der Waals surface area contributed by atoms with E-state index in [1.54, 1.807) is 0 Å². The molecule has 1 heterocycles. The number of halogens is 1. The molecule has 2 fully saturated rings. The van der Waals surface area contributed by atoms with Gasteiger partial charge in [-0.05, 0) is 42.9 Å². The van der Waals surface area contributed by atoms with Crippen LogP contribution in [-0.4, -0.2) is 36.2 Å². The van der Waals surface area contributed by atoms with E-state index >= 15 is 0 Å². The van der Waals surface area contributed by atoms with Gasteiger partial charge in [-0.1, -0.05) is 28.1 Å². The van der Waals surface area contributed by atoms with Crippen LogP contribution in [0.5, 0.6) is 0 Å². The Morgan fingerprint density at radius 3 is 2.65 bits per heavy atom. The third-order valence-corrected chi connectivity index (χ3v) is 5.18. The average molecular weight is 382 g/mol. The Bertz CT molecular complexity index is 583. The number of ether oxygens (including phenoxy) is 1. The summed E-state index contributed by atoms with van der Waals surface area (Å²) in [7, 11) is 0. The average Bonchev–Trinajstić information content (AvgIpc) is 3.34. The van der Waals surface area contributed by atoms with Crippen LogP contribution in [0.15, 0.2) is 28.7 Å². The van der Waals surface area contributed by atoms with Crippen LogP contribution < -0.4 is 5.32 Å². The molecule has 2 N–H and O–H groups in total. The first-order chi connectivity index (χ1) is 11.1. The van der Waals surface area contributed by atoms with Crippen LogP contribution in [0.2, 0.25) is 0 Å². The van der Waals surface area contributed by atoms with Crippen molar-refractivity contribution in [3.05, 3.63) is 34.3 Å². The van der Waals surface area contributed by atoms with Gasteiger partial charge in [0.05, 0.1) is 6.61 Å². The molecule has 5 nitrogen and oxygen atoms in total. The van der Waals surface area contributed by atoms with E-state index in [4.69, 9.17) is 4.74 Å². The van der Waals surface area contributed by atoms with E-state index in [0.717, 1.165) is 29.3 Å². The Morgan fingerprint density at radius 1 is 1.30 bits per heavy atom. The highest BCUT2D eigenvalue weighted by Crippen LogP contribution is 2.47. The van der Waals surface area contributed by atoms with E-state index in [2.05, 4.69) is 21.2 Å². The minimum atomic E-state index is -0.977. The number of hydrogen-bond acceptors (Lipinski definition) is 3. The fourth-order valence-electron chi connectivity index (χ4n) is 3.23. The van der Waals surface area contributed by atoms with Gasteiger partial charge in [-0.25, -0.2) is 4.79 Å². The van der Waals surface area contributed by atoms with Gasteiger partial charge in [-0.15, -0.1) is 0 Å². The third kappa shape index (κ3) is 3.93. The lowest BCUT2D eigenvalue weighted by molar-refractivity contribution is -0.145. The summed E-state index contributed by atoms with van der Waals surface area (Å²) in [4.78, 5) is 23.9. The lowest BCUT2D eigenvalue weighted by Crippen LogP contribution is -2.49. The summed E-state index contributed by atoms with van der Waals surface area (Å²) < 4.78 is 6.36. The fourth-order valence-corrected chi connectivity index (χ4v) is 3.50. The first-order valence-electron chi connectivity index (χ1n) is 7.92. The molecule has 6 heteroatoms. The molecule has 3 rings (SSSR count). The molecule has 0 aromatic heterocycles. The van der Waals surface area contributed by atoms with Crippen molar-refractivity contribution in [2.75, 3.05) is 13.2 Å². The number of amides is 1. The number of carbonyl (C=O) groups excluding carboxylic acids is 1. The first-order valence-corrected chi connectivity index (χ1v) is 8.72. The van der Waals surface area contributed by atoms with E-state index in [1.165, 1.54) is 0 Å². The van der Waals surface area contributed by atoms with Gasteiger partial charge in [0.15, 0.2) is 0 Å². The van der Waals surface area contributed by atoms with Gasteiger partial charge in [0.1, 0.15) is 6.04 Å². The summed E-state index contributed by atoms with van der Waals surface area (Å²) in [5, 5.41) is 12.1. The minimum absolute atomic E-state index is 0.123. The molecule has 1 aromatic carbocycles. The molecule has 124 valence electrons. The van der Waals surface area contributed by atoms with Crippen LogP contribution in [0, 0.1) is 11.8 Å². The molecular formula is C17H20BrNO4. The summed E-state index contributed by atoms with van der Waals surface area (Å²) in [6.07, 6.45) is 2.40. The number of rotatable bonds is 5. The maximum atomic E-state index is 12.4. The van der Waals surface area contributed by atoms with E-state index in [1.807, 2.05) is 24.3 Å². The number of carbonyl (C=O) groups is 2. The second-order valence-electron chi connectivity index (χ2n) is 6.30. The molecule has 4 unspecified atom stereocenters. The number of carboxylic acids is 1. The molecule has 4 atom stereocenters. The zero-order valence-corrected chi connectivity index (χ0v) is 14.3. The third-order valence-electron chi connectivity index (χ3n) is 4.66. The number of benzene rings is 1. The minimum Gasteiger partial charge on any atom is -0.480 e. The molecule has 0 radical (unpaired) electrons. The van der Waals surface area contributed by atoms with Crippen molar-refractivity contribution in [3.63, 3.8) is 0 Å². The maximum Gasteiger partial charge on any atom is 0.326 e. The van der Waals surface area contributed by atoms with Gasteiger partial charge in [0.25, 0.3) is 0 Å². The molecule has 1 aliphatic carbocycles. The van der Waals surface area contributed by atoms with Crippen LogP contribution in [0.4, 0.5) is 0 Å². The monoisotopic (exact) mass is 381 g/mol. The Balaban J connectivity index is 1.59. The van der Waals surface area contributed by atoms with E-state index in [0.29, 0.717) is 13.2 Å². The van der Waals surface area contributed by atoms with Crippen LogP contribution in [0.1, 0.15) is 30.7 Å². The van der Waals surface area contributed by atoms with E-state index in [-0.39, 0.29) is 23.7 Å². The molecule has 0 spiro atoms. The maximum absolute atomic E-state index is 12.4. The molecule has 1 saturated carbocycles. The van der Waals surface area contributed by atoms with Crippen LogP contribution in [-0.2, 0) is 14.3 Å². The molecule has 2 aliphatic rings. The SMILES string of the molecule is O=C(NC(C(=O)O)C1CCCOC1)C1CC1c1ccc(Br)cc1. The fraction of sp³-hybridized carbons (Fsp3) is 0.529. The predicted molar refractivity (Wildman–Crippen MR) is 88.1 cm³/mol. The summed E-state index contributed by atoms with van der Waals surface area (Å²) in [5.74, 6) is -1.21. The highest BCUT2D eigenvalue weighted by molar-refractivity contribution is 9.10. The zero-order chi connectivity index (χ0) is 16.4. The zero-order valence-electron chi connectivity index (χ0n) is 12.7. The van der Waals surface area contributed by atoms with Crippen LogP contribution in [0.25, 0.3) is 0 Å². The molecule has 23 heavy (non-hydrogen) atoms. The standard InChI is InChI=1S/C17H20BrNO4/c18-12-5-3-10(4-6-12)13-8-14(13)16(20)19-15(17(21)22)11-2-1-7-23-9-11/h3-6,11,13-15H,1-2,7-9H2,(H,19,20)(H,21,22). The molecule has 1 aromatic rings. The van der Waals surface area contributed by atoms with Crippen molar-refractivity contribution in [3.8, 4) is 0 Å². The highest BCUT2D eigenvalue weighted by atomic mass is 79.9. The Hall–Kier alpha value is -1.40. The summed E-state index contributed by atoms with van der Waals surface area (Å²) >= 11 is 3.40. The van der Waals surface area contributed by atoms with E-state index < -0.39 is 12.0 Å². The largest absolute Gasteiger partial charge is 0.480 e. The number of hydrogen-bond donors (Lipinski definition) is 2. The lowest BCUT2D eigenvalue weighted by atomic mass is 9.93. The summed E-state index contributed by atoms with van der Waals surface area (Å²) in [6.45, 7) is 1.07. The molecule has 1 amide bonds. The van der Waals surface area contributed by atoms with Crippen molar-refractivity contribution in [2.45, 2.75) is 31.2 Å². The quantitative estimate of drug-likeness (QED) is 0.821. The second kappa shape index (κ2) is 7.01.